The van der Waals surface area contributed by atoms with Gasteiger partial charge >= 0.3 is 0 Å². The first-order chi connectivity index (χ1) is 11.9. The SMILES string of the molecule is CCCCCCCC/C=C\CCCCCCCCNCCCCN. The number of rotatable bonds is 20. The van der Waals surface area contributed by atoms with Gasteiger partial charge in [0.15, 0.2) is 0 Å². The first-order valence-corrected chi connectivity index (χ1v) is 11.0. The second kappa shape index (κ2) is 22.7. The van der Waals surface area contributed by atoms with Crippen molar-refractivity contribution in [1.29, 1.82) is 0 Å². The fourth-order valence-corrected chi connectivity index (χ4v) is 3.02. The first kappa shape index (κ1) is 23.7. The molecule has 24 heavy (non-hydrogen) atoms. The van der Waals surface area contributed by atoms with Crippen molar-refractivity contribution in [3.63, 3.8) is 0 Å². The topological polar surface area (TPSA) is 38.0 Å². The zero-order valence-electron chi connectivity index (χ0n) is 16.7. The largest absolute Gasteiger partial charge is 0.330 e. The highest BCUT2D eigenvalue weighted by Crippen LogP contribution is 2.09. The Labute approximate surface area is 153 Å². The number of nitrogens with two attached hydrogens (primary N) is 1. The normalized spacial score (nSPS) is 11.6. The van der Waals surface area contributed by atoms with E-state index in [-0.39, 0.29) is 0 Å². The molecule has 0 aromatic heterocycles. The Hall–Kier alpha value is -0.340. The highest BCUT2D eigenvalue weighted by atomic mass is 14.8. The lowest BCUT2D eigenvalue weighted by Crippen LogP contribution is -2.17. The fourth-order valence-electron chi connectivity index (χ4n) is 3.02. The van der Waals surface area contributed by atoms with E-state index >= 15 is 0 Å². The van der Waals surface area contributed by atoms with Crippen molar-refractivity contribution in [2.24, 2.45) is 5.73 Å². The van der Waals surface area contributed by atoms with Crippen molar-refractivity contribution >= 4 is 0 Å². The molecule has 0 radical (unpaired) electrons. The third-order valence-corrected chi connectivity index (χ3v) is 4.67. The van der Waals surface area contributed by atoms with Crippen LogP contribution < -0.4 is 11.1 Å². The van der Waals surface area contributed by atoms with E-state index in [0.717, 1.165) is 19.5 Å². The maximum atomic E-state index is 5.48. The number of allylic oxidation sites excluding steroid dienone is 2. The number of hydrogen-bond acceptors (Lipinski definition) is 2. The van der Waals surface area contributed by atoms with Crippen LogP contribution >= 0.6 is 0 Å². The van der Waals surface area contributed by atoms with Crippen molar-refractivity contribution in [2.45, 2.75) is 110 Å². The Morgan fingerprint density at radius 2 is 1.04 bits per heavy atom. The van der Waals surface area contributed by atoms with Gasteiger partial charge in [-0.1, -0.05) is 76.9 Å². The number of unbranched alkanes of at least 4 members (excludes halogenated alkanes) is 13. The molecule has 0 aromatic rings. The van der Waals surface area contributed by atoms with Gasteiger partial charge in [-0.05, 0) is 64.6 Å². The summed E-state index contributed by atoms with van der Waals surface area (Å²) in [6.45, 7) is 5.44. The summed E-state index contributed by atoms with van der Waals surface area (Å²) in [5.74, 6) is 0. The minimum Gasteiger partial charge on any atom is -0.330 e. The summed E-state index contributed by atoms with van der Waals surface area (Å²) in [5.41, 5.74) is 5.48. The molecular formula is C22H46N2. The molecule has 144 valence electrons. The van der Waals surface area contributed by atoms with Gasteiger partial charge in [0.1, 0.15) is 0 Å². The van der Waals surface area contributed by atoms with E-state index in [9.17, 15) is 0 Å². The Balaban J connectivity index is 3.03. The van der Waals surface area contributed by atoms with Crippen LogP contribution in [0.3, 0.4) is 0 Å². The molecule has 0 atom stereocenters. The van der Waals surface area contributed by atoms with Gasteiger partial charge in [0, 0.05) is 0 Å². The third kappa shape index (κ3) is 21.7. The predicted octanol–water partition coefficient (Wildman–Crippen LogP) is 6.35. The van der Waals surface area contributed by atoms with Gasteiger partial charge in [0.25, 0.3) is 0 Å². The van der Waals surface area contributed by atoms with Gasteiger partial charge in [-0.15, -0.1) is 0 Å². The maximum absolute atomic E-state index is 5.48. The van der Waals surface area contributed by atoms with Gasteiger partial charge in [-0.3, -0.25) is 0 Å². The Kier molecular flexibility index (Phi) is 22.3. The zero-order chi connectivity index (χ0) is 17.6. The summed E-state index contributed by atoms with van der Waals surface area (Å²) in [7, 11) is 0. The molecule has 0 heterocycles. The summed E-state index contributed by atoms with van der Waals surface area (Å²) >= 11 is 0. The number of nitrogens with one attached hydrogen (secondary N) is 1. The summed E-state index contributed by atoms with van der Waals surface area (Å²) in [5, 5.41) is 3.51. The lowest BCUT2D eigenvalue weighted by molar-refractivity contribution is 0.556. The van der Waals surface area contributed by atoms with Crippen molar-refractivity contribution in [3.05, 3.63) is 12.2 Å². The van der Waals surface area contributed by atoms with Crippen LogP contribution in [0.4, 0.5) is 0 Å². The van der Waals surface area contributed by atoms with E-state index in [4.69, 9.17) is 5.73 Å². The Morgan fingerprint density at radius 1 is 0.583 bits per heavy atom. The fraction of sp³-hybridized carbons (Fsp3) is 0.909. The highest BCUT2D eigenvalue weighted by molar-refractivity contribution is 4.81. The molecule has 2 nitrogen and oxygen atoms in total. The molecule has 0 aliphatic carbocycles. The van der Waals surface area contributed by atoms with Crippen LogP contribution in [0.1, 0.15) is 110 Å². The minimum absolute atomic E-state index is 0.829. The van der Waals surface area contributed by atoms with Crippen LogP contribution in [0.5, 0.6) is 0 Å². The molecular weight excluding hydrogens is 292 g/mol. The van der Waals surface area contributed by atoms with E-state index in [0.29, 0.717) is 0 Å². The average Bonchev–Trinajstić information content (AvgIpc) is 2.60. The van der Waals surface area contributed by atoms with Crippen LogP contribution in [0, 0.1) is 0 Å². The second-order valence-electron chi connectivity index (χ2n) is 7.18. The van der Waals surface area contributed by atoms with Crippen molar-refractivity contribution in [3.8, 4) is 0 Å². The van der Waals surface area contributed by atoms with E-state index in [1.54, 1.807) is 0 Å². The Bertz CT molecular complexity index is 238. The smallest absolute Gasteiger partial charge is 0.00484 e. The lowest BCUT2D eigenvalue weighted by atomic mass is 10.1. The van der Waals surface area contributed by atoms with E-state index in [1.165, 1.54) is 103 Å². The van der Waals surface area contributed by atoms with Crippen LogP contribution in [0.15, 0.2) is 12.2 Å². The molecule has 0 saturated heterocycles. The molecule has 0 unspecified atom stereocenters. The average molecular weight is 339 g/mol. The summed E-state index contributed by atoms with van der Waals surface area (Å²) in [4.78, 5) is 0. The molecule has 0 aliphatic heterocycles. The highest BCUT2D eigenvalue weighted by Gasteiger charge is 1.92. The summed E-state index contributed by atoms with van der Waals surface area (Å²) in [6, 6.07) is 0. The standard InChI is InChI=1S/C22H46N2/c1-2-3-4-5-6-7-8-9-10-11-12-13-14-15-16-18-21-24-22-19-17-20-23/h9-10,24H,2-8,11-23H2,1H3/b10-9-. The monoisotopic (exact) mass is 338 g/mol. The van der Waals surface area contributed by atoms with Crippen LogP contribution in [-0.4, -0.2) is 19.6 Å². The number of hydrogen-bond donors (Lipinski definition) is 2. The zero-order valence-corrected chi connectivity index (χ0v) is 16.7. The molecule has 0 rings (SSSR count). The minimum atomic E-state index is 0.829. The maximum Gasteiger partial charge on any atom is -0.00484 e. The van der Waals surface area contributed by atoms with Crippen molar-refractivity contribution in [2.75, 3.05) is 19.6 Å². The quantitative estimate of drug-likeness (QED) is 0.200. The molecule has 0 saturated carbocycles. The summed E-state index contributed by atoms with van der Waals surface area (Å²) < 4.78 is 0. The molecule has 3 N–H and O–H groups in total. The van der Waals surface area contributed by atoms with E-state index in [1.807, 2.05) is 0 Å². The van der Waals surface area contributed by atoms with Crippen LogP contribution in [0.25, 0.3) is 0 Å². The van der Waals surface area contributed by atoms with Crippen LogP contribution in [0.2, 0.25) is 0 Å². The molecule has 0 fully saturated rings. The van der Waals surface area contributed by atoms with Gasteiger partial charge in [-0.2, -0.15) is 0 Å². The molecule has 0 spiro atoms. The van der Waals surface area contributed by atoms with Crippen molar-refractivity contribution in [1.82, 2.24) is 5.32 Å². The molecule has 0 aliphatic rings. The van der Waals surface area contributed by atoms with Gasteiger partial charge in [0.2, 0.25) is 0 Å². The molecule has 2 heteroatoms. The van der Waals surface area contributed by atoms with Gasteiger partial charge in [0.05, 0.1) is 0 Å². The Morgan fingerprint density at radius 3 is 1.58 bits per heavy atom. The molecule has 0 amide bonds. The molecule has 0 aromatic carbocycles. The second-order valence-corrected chi connectivity index (χ2v) is 7.18. The van der Waals surface area contributed by atoms with Crippen LogP contribution in [-0.2, 0) is 0 Å². The first-order valence-electron chi connectivity index (χ1n) is 11.0. The van der Waals surface area contributed by atoms with Crippen molar-refractivity contribution < 1.29 is 0 Å². The van der Waals surface area contributed by atoms with E-state index in [2.05, 4.69) is 24.4 Å². The van der Waals surface area contributed by atoms with Gasteiger partial charge in [-0.25, -0.2) is 0 Å². The summed E-state index contributed by atoms with van der Waals surface area (Å²) in [6.07, 6.45) is 26.6. The van der Waals surface area contributed by atoms with E-state index < -0.39 is 0 Å². The molecule has 0 bridgehead atoms. The third-order valence-electron chi connectivity index (χ3n) is 4.67. The lowest BCUT2D eigenvalue weighted by Gasteiger charge is -2.04. The van der Waals surface area contributed by atoms with Gasteiger partial charge < -0.3 is 11.1 Å². The predicted molar refractivity (Wildman–Crippen MR) is 111 cm³/mol.